The SMILES string of the molecule is O=C1C=NNC(=O)C1=O. The van der Waals surface area contributed by atoms with E-state index in [1.165, 1.54) is 0 Å². The van der Waals surface area contributed by atoms with Gasteiger partial charge in [0.05, 0.1) is 6.21 Å². The molecule has 5 heteroatoms. The van der Waals surface area contributed by atoms with Gasteiger partial charge in [0, 0.05) is 0 Å². The number of hydrogen-bond acceptors (Lipinski definition) is 4. The Hall–Kier alpha value is -1.52. The zero-order valence-electron chi connectivity index (χ0n) is 4.25. The van der Waals surface area contributed by atoms with E-state index >= 15 is 0 Å². The number of carbonyl (C=O) groups excluding carboxylic acids is 3. The molecule has 0 fully saturated rings. The number of nitrogens with one attached hydrogen (secondary N) is 1. The summed E-state index contributed by atoms with van der Waals surface area (Å²) >= 11 is 0. The van der Waals surface area contributed by atoms with Gasteiger partial charge in [0.2, 0.25) is 0 Å². The van der Waals surface area contributed by atoms with Crippen molar-refractivity contribution in [1.82, 2.24) is 5.43 Å². The van der Waals surface area contributed by atoms with Crippen LogP contribution in [-0.2, 0) is 14.4 Å². The standard InChI is InChI=1S/C4H2N2O3/c7-2-1-5-6-4(9)3(2)8/h1H,(H,6,9). The average Bonchev–Trinajstić information content (AvgIpc) is 1.83. The third-order valence-electron chi connectivity index (χ3n) is 0.778. The largest absolute Gasteiger partial charge is 0.316 e. The van der Waals surface area contributed by atoms with Crippen LogP contribution in [0.2, 0.25) is 0 Å². The van der Waals surface area contributed by atoms with Crippen LogP contribution in [0.25, 0.3) is 0 Å². The highest BCUT2D eigenvalue weighted by Gasteiger charge is 2.23. The molecule has 0 radical (unpaired) electrons. The van der Waals surface area contributed by atoms with E-state index in [0.717, 1.165) is 6.21 Å². The number of hydrogen-bond donors (Lipinski definition) is 1. The van der Waals surface area contributed by atoms with E-state index < -0.39 is 17.5 Å². The van der Waals surface area contributed by atoms with Gasteiger partial charge < -0.3 is 0 Å². The van der Waals surface area contributed by atoms with Gasteiger partial charge in [0.1, 0.15) is 0 Å². The molecule has 1 heterocycles. The second kappa shape index (κ2) is 1.77. The van der Waals surface area contributed by atoms with Gasteiger partial charge in [-0.05, 0) is 0 Å². The maximum atomic E-state index is 10.3. The van der Waals surface area contributed by atoms with Crippen molar-refractivity contribution in [3.8, 4) is 0 Å². The smallest absolute Gasteiger partial charge is 0.284 e. The van der Waals surface area contributed by atoms with Crippen molar-refractivity contribution in [3.63, 3.8) is 0 Å². The molecule has 0 aromatic heterocycles. The van der Waals surface area contributed by atoms with Crippen molar-refractivity contribution in [2.24, 2.45) is 5.10 Å². The molecule has 9 heavy (non-hydrogen) atoms. The van der Waals surface area contributed by atoms with Crippen LogP contribution in [0.5, 0.6) is 0 Å². The maximum Gasteiger partial charge on any atom is 0.316 e. The highest BCUT2D eigenvalue weighted by molar-refractivity contribution is 6.76. The topological polar surface area (TPSA) is 75.6 Å². The Morgan fingerprint density at radius 2 is 2.00 bits per heavy atom. The first kappa shape index (κ1) is 5.61. The van der Waals surface area contributed by atoms with Crippen LogP contribution >= 0.6 is 0 Å². The van der Waals surface area contributed by atoms with Crippen molar-refractivity contribution in [1.29, 1.82) is 0 Å². The molecule has 0 aliphatic carbocycles. The van der Waals surface area contributed by atoms with E-state index in [9.17, 15) is 14.4 Å². The van der Waals surface area contributed by atoms with Gasteiger partial charge in [-0.2, -0.15) is 5.10 Å². The lowest BCUT2D eigenvalue weighted by molar-refractivity contribution is -0.143. The van der Waals surface area contributed by atoms with Crippen molar-refractivity contribution >= 4 is 23.7 Å². The number of carbonyl (C=O) groups is 3. The monoisotopic (exact) mass is 126 g/mol. The van der Waals surface area contributed by atoms with Crippen LogP contribution in [0.15, 0.2) is 5.10 Å². The Kier molecular flexibility index (Phi) is 1.11. The molecule has 1 amide bonds. The molecule has 5 nitrogen and oxygen atoms in total. The highest BCUT2D eigenvalue weighted by Crippen LogP contribution is 1.80. The molecule has 0 bridgehead atoms. The Bertz CT molecular complexity index is 218. The molecule has 0 unspecified atom stereocenters. The van der Waals surface area contributed by atoms with E-state index in [4.69, 9.17) is 0 Å². The zero-order chi connectivity index (χ0) is 6.85. The Morgan fingerprint density at radius 3 is 2.44 bits per heavy atom. The van der Waals surface area contributed by atoms with Crippen LogP contribution in [0, 0.1) is 0 Å². The normalized spacial score (nSPS) is 18.0. The minimum atomic E-state index is -1.06. The van der Waals surface area contributed by atoms with Crippen molar-refractivity contribution in [2.45, 2.75) is 0 Å². The van der Waals surface area contributed by atoms with Crippen molar-refractivity contribution < 1.29 is 14.4 Å². The summed E-state index contributed by atoms with van der Waals surface area (Å²) in [6.45, 7) is 0. The summed E-state index contributed by atoms with van der Waals surface area (Å²) in [4.78, 5) is 30.7. The highest BCUT2D eigenvalue weighted by atomic mass is 16.2. The lowest BCUT2D eigenvalue weighted by Gasteiger charge is -1.98. The van der Waals surface area contributed by atoms with Crippen LogP contribution < -0.4 is 5.43 Å². The molecule has 1 rings (SSSR count). The lowest BCUT2D eigenvalue weighted by atomic mass is 10.2. The summed E-state index contributed by atoms with van der Waals surface area (Å²) in [5.74, 6) is -2.91. The molecule has 0 saturated carbocycles. The van der Waals surface area contributed by atoms with Gasteiger partial charge >= 0.3 is 5.91 Å². The second-order valence-electron chi connectivity index (χ2n) is 1.39. The Balaban J connectivity index is 2.94. The number of hydrazone groups is 1. The summed E-state index contributed by atoms with van der Waals surface area (Å²) in [6.07, 6.45) is 0.768. The molecule has 1 N–H and O–H groups in total. The first-order valence-corrected chi connectivity index (χ1v) is 2.13. The van der Waals surface area contributed by atoms with Crippen LogP contribution in [0.4, 0.5) is 0 Å². The number of nitrogens with zero attached hydrogens (tertiary/aromatic N) is 1. The summed E-state index contributed by atoms with van der Waals surface area (Å²) in [6, 6.07) is 0. The van der Waals surface area contributed by atoms with E-state index in [2.05, 4.69) is 5.10 Å². The molecule has 0 saturated heterocycles. The minimum Gasteiger partial charge on any atom is -0.284 e. The first-order valence-electron chi connectivity index (χ1n) is 2.13. The van der Waals surface area contributed by atoms with E-state index in [-0.39, 0.29) is 0 Å². The number of amides is 1. The van der Waals surface area contributed by atoms with Crippen molar-refractivity contribution in [2.75, 3.05) is 0 Å². The fraction of sp³-hybridized carbons (Fsp3) is 0. The van der Waals surface area contributed by atoms with Gasteiger partial charge in [-0.1, -0.05) is 0 Å². The molecule has 1 aliphatic heterocycles. The van der Waals surface area contributed by atoms with Crippen LogP contribution in [-0.4, -0.2) is 23.7 Å². The van der Waals surface area contributed by atoms with E-state index in [1.807, 2.05) is 5.43 Å². The molecule has 0 aromatic rings. The van der Waals surface area contributed by atoms with Crippen molar-refractivity contribution in [3.05, 3.63) is 0 Å². The Morgan fingerprint density at radius 1 is 1.33 bits per heavy atom. The summed E-state index contributed by atoms with van der Waals surface area (Å²) < 4.78 is 0. The fourth-order valence-corrected chi connectivity index (χ4v) is 0.371. The fourth-order valence-electron chi connectivity index (χ4n) is 0.371. The lowest BCUT2D eigenvalue weighted by Crippen LogP contribution is -2.38. The predicted molar refractivity (Wildman–Crippen MR) is 26.6 cm³/mol. The molecule has 0 aromatic carbocycles. The molecule has 46 valence electrons. The molecule has 0 spiro atoms. The quantitative estimate of drug-likeness (QED) is 0.390. The van der Waals surface area contributed by atoms with Gasteiger partial charge in [-0.15, -0.1) is 0 Å². The average molecular weight is 126 g/mol. The number of Topliss-reactive ketones (excluding diaryl/α,β-unsaturated/α-hetero) is 2. The molecule has 0 atom stereocenters. The number of ketones is 2. The second-order valence-corrected chi connectivity index (χ2v) is 1.39. The van der Waals surface area contributed by atoms with Gasteiger partial charge in [-0.25, -0.2) is 5.43 Å². The van der Waals surface area contributed by atoms with Crippen LogP contribution in [0.3, 0.4) is 0 Å². The Labute approximate surface area is 49.7 Å². The van der Waals surface area contributed by atoms with E-state index in [0.29, 0.717) is 0 Å². The van der Waals surface area contributed by atoms with Gasteiger partial charge in [0.25, 0.3) is 11.6 Å². The van der Waals surface area contributed by atoms with Crippen LogP contribution in [0.1, 0.15) is 0 Å². The summed E-state index contributed by atoms with van der Waals surface area (Å²) in [5.41, 5.74) is 1.82. The third-order valence-corrected chi connectivity index (χ3v) is 0.778. The third kappa shape index (κ3) is 0.835. The maximum absolute atomic E-state index is 10.3. The summed E-state index contributed by atoms with van der Waals surface area (Å²) in [7, 11) is 0. The molecular weight excluding hydrogens is 124 g/mol. The first-order chi connectivity index (χ1) is 4.22. The summed E-state index contributed by atoms with van der Waals surface area (Å²) in [5, 5.41) is 3.09. The van der Waals surface area contributed by atoms with Gasteiger partial charge in [0.15, 0.2) is 0 Å². The molecular formula is C4H2N2O3. The molecule has 1 aliphatic rings. The predicted octanol–water partition coefficient (Wildman–Crippen LogP) is -1.76. The van der Waals surface area contributed by atoms with Gasteiger partial charge in [-0.3, -0.25) is 14.4 Å². The minimum absolute atomic E-state index is 0.768. The number of rotatable bonds is 0. The van der Waals surface area contributed by atoms with E-state index in [1.54, 1.807) is 0 Å². The zero-order valence-corrected chi connectivity index (χ0v) is 4.25.